The molecule has 0 saturated heterocycles. The van der Waals surface area contributed by atoms with Crippen LogP contribution >= 0.6 is 11.6 Å². The van der Waals surface area contributed by atoms with Gasteiger partial charge in [-0.25, -0.2) is 4.79 Å². The number of H-pyrrole nitrogens is 1. The lowest BCUT2D eigenvalue weighted by Crippen LogP contribution is -2.44. The summed E-state index contributed by atoms with van der Waals surface area (Å²) in [5.41, 5.74) is 4.34. The Labute approximate surface area is 156 Å². The van der Waals surface area contributed by atoms with E-state index in [1.165, 1.54) is 5.56 Å². The topological polar surface area (TPSA) is 57.4 Å². The molecule has 1 aromatic heterocycles. The third-order valence-corrected chi connectivity index (χ3v) is 5.23. The number of nitrogens with one attached hydrogen (secondary N) is 2. The van der Waals surface area contributed by atoms with Crippen LogP contribution in [-0.2, 0) is 6.42 Å². The number of hydrogen-bond donors (Lipinski definition) is 2. The van der Waals surface area contributed by atoms with E-state index in [4.69, 9.17) is 16.3 Å². The molecular weight excluding hydrogens is 350 g/mol. The van der Waals surface area contributed by atoms with Crippen molar-refractivity contribution in [3.8, 4) is 5.75 Å². The van der Waals surface area contributed by atoms with E-state index >= 15 is 0 Å². The van der Waals surface area contributed by atoms with E-state index in [1.807, 2.05) is 47.4 Å². The van der Waals surface area contributed by atoms with E-state index in [2.05, 4.69) is 10.3 Å². The van der Waals surface area contributed by atoms with Gasteiger partial charge in [0.15, 0.2) is 0 Å². The lowest BCUT2D eigenvalue weighted by Gasteiger charge is -2.36. The largest absolute Gasteiger partial charge is 0.497 e. The summed E-state index contributed by atoms with van der Waals surface area (Å²) < 4.78 is 5.27. The quantitative estimate of drug-likeness (QED) is 0.714. The molecule has 0 fully saturated rings. The Hall–Kier alpha value is -2.66. The van der Waals surface area contributed by atoms with Crippen LogP contribution in [0.2, 0.25) is 5.02 Å². The van der Waals surface area contributed by atoms with Crippen LogP contribution < -0.4 is 10.1 Å². The summed E-state index contributed by atoms with van der Waals surface area (Å²) in [7, 11) is 3.31. The van der Waals surface area contributed by atoms with Crippen molar-refractivity contribution in [1.82, 2.24) is 15.2 Å². The molecule has 2 aromatic carbocycles. The van der Waals surface area contributed by atoms with Crippen molar-refractivity contribution in [2.45, 2.75) is 12.5 Å². The van der Waals surface area contributed by atoms with Crippen LogP contribution in [0.1, 0.15) is 22.9 Å². The summed E-state index contributed by atoms with van der Waals surface area (Å²) >= 11 is 6.20. The molecule has 0 saturated carbocycles. The second-order valence-electron chi connectivity index (χ2n) is 6.38. The molecule has 2 N–H and O–H groups in total. The Kier molecular flexibility index (Phi) is 4.24. The van der Waals surface area contributed by atoms with Gasteiger partial charge in [-0.2, -0.15) is 0 Å². The Morgan fingerprint density at radius 2 is 2.04 bits per heavy atom. The van der Waals surface area contributed by atoms with Crippen LogP contribution in [0.3, 0.4) is 0 Å². The van der Waals surface area contributed by atoms with Gasteiger partial charge in [-0.15, -0.1) is 0 Å². The molecule has 6 heteroatoms. The highest BCUT2D eigenvalue weighted by Gasteiger charge is 2.34. The van der Waals surface area contributed by atoms with Gasteiger partial charge in [-0.3, -0.25) is 0 Å². The normalized spacial score (nSPS) is 16.4. The van der Waals surface area contributed by atoms with Gasteiger partial charge in [0.2, 0.25) is 0 Å². The summed E-state index contributed by atoms with van der Waals surface area (Å²) in [4.78, 5) is 17.9. The predicted molar refractivity (Wildman–Crippen MR) is 103 cm³/mol. The lowest BCUT2D eigenvalue weighted by molar-refractivity contribution is 0.181. The molecule has 26 heavy (non-hydrogen) atoms. The Bertz CT molecular complexity index is 965. The summed E-state index contributed by atoms with van der Waals surface area (Å²) in [6.07, 6.45) is 0.787. The maximum absolute atomic E-state index is 12.5. The molecule has 1 atom stereocenters. The van der Waals surface area contributed by atoms with Crippen molar-refractivity contribution in [2.24, 2.45) is 0 Å². The highest BCUT2D eigenvalue weighted by molar-refractivity contribution is 6.31. The van der Waals surface area contributed by atoms with Gasteiger partial charge in [0.25, 0.3) is 0 Å². The van der Waals surface area contributed by atoms with Crippen LogP contribution in [0.25, 0.3) is 10.9 Å². The molecule has 0 aliphatic carbocycles. The zero-order valence-electron chi connectivity index (χ0n) is 14.7. The lowest BCUT2D eigenvalue weighted by atomic mass is 9.92. The smallest absolute Gasteiger partial charge is 0.317 e. The fourth-order valence-electron chi connectivity index (χ4n) is 3.76. The summed E-state index contributed by atoms with van der Waals surface area (Å²) in [5, 5.41) is 4.60. The van der Waals surface area contributed by atoms with Crippen molar-refractivity contribution in [3.63, 3.8) is 0 Å². The maximum Gasteiger partial charge on any atom is 0.317 e. The minimum Gasteiger partial charge on any atom is -0.497 e. The zero-order valence-corrected chi connectivity index (χ0v) is 15.4. The number of methoxy groups -OCH3 is 1. The standard InChI is InChI=1S/C20H20ClN3O2/c1-22-20(25)24-10-9-15-16-11-13(21)5-8-17(16)23-18(15)19(24)12-3-6-14(26-2)7-4-12/h3-8,11,19,23H,9-10H2,1-2H3,(H,22,25). The predicted octanol–water partition coefficient (Wildman–Crippen LogP) is 4.12. The monoisotopic (exact) mass is 369 g/mol. The number of amides is 2. The number of urea groups is 1. The summed E-state index contributed by atoms with van der Waals surface area (Å²) in [6, 6.07) is 13.4. The first-order valence-electron chi connectivity index (χ1n) is 8.54. The van der Waals surface area contributed by atoms with Crippen LogP contribution in [0, 0.1) is 0 Å². The van der Waals surface area contributed by atoms with Gasteiger partial charge >= 0.3 is 6.03 Å². The molecular formula is C20H20ClN3O2. The molecule has 5 nitrogen and oxygen atoms in total. The molecule has 3 aromatic rings. The highest BCUT2D eigenvalue weighted by atomic mass is 35.5. The molecule has 0 radical (unpaired) electrons. The minimum absolute atomic E-state index is 0.0897. The van der Waals surface area contributed by atoms with Gasteiger partial charge < -0.3 is 19.9 Å². The fraction of sp³-hybridized carbons (Fsp3) is 0.250. The third kappa shape index (κ3) is 2.69. The van der Waals surface area contributed by atoms with Gasteiger partial charge in [-0.1, -0.05) is 23.7 Å². The van der Waals surface area contributed by atoms with E-state index < -0.39 is 0 Å². The summed E-state index contributed by atoms with van der Waals surface area (Å²) in [5.74, 6) is 0.791. The van der Waals surface area contributed by atoms with Crippen LogP contribution in [-0.4, -0.2) is 36.6 Å². The number of carbonyl (C=O) groups is 1. The van der Waals surface area contributed by atoms with Crippen LogP contribution in [0.4, 0.5) is 4.79 Å². The third-order valence-electron chi connectivity index (χ3n) is 5.00. The molecule has 134 valence electrons. The van der Waals surface area contributed by atoms with E-state index in [0.717, 1.165) is 34.3 Å². The molecule has 1 unspecified atom stereocenters. The van der Waals surface area contributed by atoms with E-state index in [1.54, 1.807) is 14.2 Å². The molecule has 1 aliphatic heterocycles. The number of ether oxygens (including phenoxy) is 1. The first kappa shape index (κ1) is 16.8. The second-order valence-corrected chi connectivity index (χ2v) is 6.82. The maximum atomic E-state index is 12.5. The van der Waals surface area contributed by atoms with Crippen LogP contribution in [0.5, 0.6) is 5.75 Å². The first-order chi connectivity index (χ1) is 12.6. The van der Waals surface area contributed by atoms with Crippen molar-refractivity contribution in [1.29, 1.82) is 0 Å². The van der Waals surface area contributed by atoms with Gasteiger partial charge in [0, 0.05) is 35.2 Å². The zero-order chi connectivity index (χ0) is 18.3. The Balaban J connectivity index is 1.88. The van der Waals surface area contributed by atoms with Crippen molar-refractivity contribution in [3.05, 3.63) is 64.3 Å². The van der Waals surface area contributed by atoms with Gasteiger partial charge in [0.1, 0.15) is 5.75 Å². The number of aromatic nitrogens is 1. The van der Waals surface area contributed by atoms with E-state index in [9.17, 15) is 4.79 Å². The minimum atomic E-state index is -0.184. The van der Waals surface area contributed by atoms with Crippen molar-refractivity contribution < 1.29 is 9.53 Å². The number of fused-ring (bicyclic) bond motifs is 3. The Morgan fingerprint density at radius 1 is 1.27 bits per heavy atom. The SMILES string of the molecule is CNC(=O)N1CCc2c([nH]c3ccc(Cl)cc23)C1c1ccc(OC)cc1. The summed E-state index contributed by atoms with van der Waals surface area (Å²) in [6.45, 7) is 0.642. The number of benzene rings is 2. The number of rotatable bonds is 2. The van der Waals surface area contributed by atoms with Gasteiger partial charge in [0.05, 0.1) is 13.2 Å². The van der Waals surface area contributed by atoms with Crippen LogP contribution in [0.15, 0.2) is 42.5 Å². The average Bonchev–Trinajstić information content (AvgIpc) is 3.04. The number of aromatic amines is 1. The molecule has 2 amide bonds. The van der Waals surface area contributed by atoms with E-state index in [-0.39, 0.29) is 12.1 Å². The highest BCUT2D eigenvalue weighted by Crippen LogP contribution is 2.39. The average molecular weight is 370 g/mol. The number of halogens is 1. The number of nitrogens with zero attached hydrogens (tertiary/aromatic N) is 1. The number of hydrogen-bond acceptors (Lipinski definition) is 2. The molecule has 1 aliphatic rings. The molecule has 0 bridgehead atoms. The number of carbonyl (C=O) groups excluding carboxylic acids is 1. The second kappa shape index (κ2) is 6.57. The fourth-order valence-corrected chi connectivity index (χ4v) is 3.93. The van der Waals surface area contributed by atoms with Crippen molar-refractivity contribution in [2.75, 3.05) is 20.7 Å². The van der Waals surface area contributed by atoms with Crippen molar-refractivity contribution >= 4 is 28.5 Å². The molecule has 4 rings (SSSR count). The van der Waals surface area contributed by atoms with E-state index in [0.29, 0.717) is 11.6 Å². The molecule has 0 spiro atoms. The first-order valence-corrected chi connectivity index (χ1v) is 8.92. The Morgan fingerprint density at radius 3 is 2.73 bits per heavy atom. The molecule has 2 heterocycles. The van der Waals surface area contributed by atoms with Gasteiger partial charge in [-0.05, 0) is 47.9 Å².